The lowest BCUT2D eigenvalue weighted by Gasteiger charge is -2.42. The van der Waals surface area contributed by atoms with Crippen LogP contribution in [0.3, 0.4) is 0 Å². The zero-order chi connectivity index (χ0) is 26.7. The van der Waals surface area contributed by atoms with Gasteiger partial charge in [0.05, 0.1) is 10.9 Å². The van der Waals surface area contributed by atoms with Crippen LogP contribution in [0.5, 0.6) is 0 Å². The number of nitrogens with two attached hydrogens (primary N) is 1. The van der Waals surface area contributed by atoms with Crippen molar-refractivity contribution in [3.63, 3.8) is 0 Å². The maximum absolute atomic E-state index is 13.8. The second-order valence-electron chi connectivity index (χ2n) is 9.84. The minimum Gasteiger partial charge on any atom is -0.396 e. The number of nitrogens with one attached hydrogen (secondary N) is 2. The number of benzene rings is 1. The summed E-state index contributed by atoms with van der Waals surface area (Å²) in [4.78, 5) is 45.8. The van der Waals surface area contributed by atoms with Gasteiger partial charge < -0.3 is 35.8 Å². The van der Waals surface area contributed by atoms with Gasteiger partial charge in [0.1, 0.15) is 11.9 Å². The standard InChI is InChI=1S/C24H33ClFN7O4/c25-18-4-3-17(11-19(18)26)29-21(35)16-10-15(14-34)12-32(13-16)24(37)31-8-6-30(7-9-31)22(36)20-2-1-5-33(20)23(27)28/h3-4,11,15-16,20,34H,1-2,5-10,12-14H2,(H3,27,28)(H,29,35)/t15-,16+,20+/m1/s1. The maximum Gasteiger partial charge on any atom is 0.320 e. The number of guanidine groups is 1. The molecule has 0 unspecified atom stereocenters. The molecule has 3 aliphatic heterocycles. The summed E-state index contributed by atoms with van der Waals surface area (Å²) < 4.78 is 13.8. The van der Waals surface area contributed by atoms with Crippen molar-refractivity contribution in [1.29, 1.82) is 5.41 Å². The van der Waals surface area contributed by atoms with Crippen LogP contribution in [0, 0.1) is 23.1 Å². The number of aliphatic hydroxyl groups is 1. The largest absolute Gasteiger partial charge is 0.396 e. The fourth-order valence-electron chi connectivity index (χ4n) is 5.34. The third kappa shape index (κ3) is 6.07. The van der Waals surface area contributed by atoms with Crippen LogP contribution >= 0.6 is 11.6 Å². The van der Waals surface area contributed by atoms with E-state index in [2.05, 4.69) is 5.32 Å². The van der Waals surface area contributed by atoms with Gasteiger partial charge >= 0.3 is 6.03 Å². The van der Waals surface area contributed by atoms with Gasteiger partial charge in [-0.3, -0.25) is 15.0 Å². The van der Waals surface area contributed by atoms with Gasteiger partial charge in [0.2, 0.25) is 11.8 Å². The molecule has 11 nitrogen and oxygen atoms in total. The van der Waals surface area contributed by atoms with Crippen LogP contribution < -0.4 is 11.1 Å². The van der Waals surface area contributed by atoms with Gasteiger partial charge in [-0.15, -0.1) is 0 Å². The van der Waals surface area contributed by atoms with Gasteiger partial charge in [0.15, 0.2) is 5.96 Å². The number of amides is 4. The summed E-state index contributed by atoms with van der Waals surface area (Å²) in [5.74, 6) is -2.02. The van der Waals surface area contributed by atoms with Gasteiger partial charge in [0.25, 0.3) is 0 Å². The smallest absolute Gasteiger partial charge is 0.320 e. The number of carbonyl (C=O) groups is 3. The van der Waals surface area contributed by atoms with E-state index in [0.29, 0.717) is 52.1 Å². The molecule has 13 heteroatoms. The number of aliphatic hydroxyl groups excluding tert-OH is 1. The van der Waals surface area contributed by atoms with Crippen LogP contribution in [-0.4, -0.2) is 107 Å². The quantitative estimate of drug-likeness (QED) is 0.332. The van der Waals surface area contributed by atoms with Crippen LogP contribution in [0.1, 0.15) is 19.3 Å². The molecule has 202 valence electrons. The van der Waals surface area contributed by atoms with Crippen LogP contribution in [0.15, 0.2) is 18.2 Å². The Labute approximate surface area is 219 Å². The molecule has 0 aliphatic carbocycles. The molecule has 3 saturated heterocycles. The zero-order valence-electron chi connectivity index (χ0n) is 20.5. The predicted molar refractivity (Wildman–Crippen MR) is 135 cm³/mol. The summed E-state index contributed by atoms with van der Waals surface area (Å²) in [6, 6.07) is 3.32. The molecule has 0 radical (unpaired) electrons. The number of piperidine rings is 1. The second kappa shape index (κ2) is 11.5. The van der Waals surface area contributed by atoms with E-state index < -0.39 is 17.8 Å². The highest BCUT2D eigenvalue weighted by atomic mass is 35.5. The van der Waals surface area contributed by atoms with E-state index in [1.807, 2.05) is 0 Å². The number of hydrogen-bond donors (Lipinski definition) is 4. The Morgan fingerprint density at radius 1 is 1.11 bits per heavy atom. The summed E-state index contributed by atoms with van der Waals surface area (Å²) in [6.45, 7) is 2.35. The monoisotopic (exact) mass is 537 g/mol. The Morgan fingerprint density at radius 2 is 1.81 bits per heavy atom. The van der Waals surface area contributed by atoms with Gasteiger partial charge in [-0.2, -0.15) is 0 Å². The van der Waals surface area contributed by atoms with Crippen molar-refractivity contribution in [2.45, 2.75) is 25.3 Å². The van der Waals surface area contributed by atoms with Crippen LogP contribution in [0.25, 0.3) is 0 Å². The minimum atomic E-state index is -0.646. The molecule has 5 N–H and O–H groups in total. The number of urea groups is 1. The number of hydrogen-bond acceptors (Lipinski definition) is 5. The van der Waals surface area contributed by atoms with Crippen molar-refractivity contribution in [3.05, 3.63) is 29.0 Å². The SMILES string of the molecule is N=C(N)N1CCC[C@H]1C(=O)N1CCN(C(=O)N2C[C@H](CO)C[C@H](C(=O)Nc3ccc(Cl)c(F)c3)C2)CC1. The predicted octanol–water partition coefficient (Wildman–Crippen LogP) is 0.970. The molecule has 3 heterocycles. The van der Waals surface area contributed by atoms with Gasteiger partial charge in [-0.1, -0.05) is 11.6 Å². The average molecular weight is 538 g/mol. The van der Waals surface area contributed by atoms with Gasteiger partial charge in [0, 0.05) is 64.0 Å². The number of halogens is 2. The van der Waals surface area contributed by atoms with E-state index in [1.165, 1.54) is 12.1 Å². The molecular formula is C24H33ClFN7O4. The molecule has 1 aromatic rings. The third-order valence-corrected chi connectivity index (χ3v) is 7.64. The molecule has 3 atom stereocenters. The normalized spacial score (nSPS) is 24.2. The highest BCUT2D eigenvalue weighted by molar-refractivity contribution is 6.30. The molecule has 3 aliphatic rings. The topological polar surface area (TPSA) is 146 Å². The van der Waals surface area contributed by atoms with Crippen LogP contribution in [0.4, 0.5) is 14.9 Å². The van der Waals surface area contributed by atoms with E-state index in [0.717, 1.165) is 12.5 Å². The maximum atomic E-state index is 13.8. The number of rotatable bonds is 4. The first kappa shape index (κ1) is 26.9. The van der Waals surface area contributed by atoms with Gasteiger partial charge in [-0.05, 0) is 37.5 Å². The molecular weight excluding hydrogens is 505 g/mol. The summed E-state index contributed by atoms with van der Waals surface area (Å²) in [6.07, 6.45) is 1.86. The number of carbonyl (C=O) groups excluding carboxylic acids is 3. The molecule has 0 bridgehead atoms. The second-order valence-corrected chi connectivity index (χ2v) is 10.2. The van der Waals surface area contributed by atoms with E-state index in [4.69, 9.17) is 22.7 Å². The van der Waals surface area contributed by atoms with Gasteiger partial charge in [-0.25, -0.2) is 9.18 Å². The molecule has 0 saturated carbocycles. The summed E-state index contributed by atoms with van der Waals surface area (Å²) in [5, 5.41) is 20.1. The molecule has 37 heavy (non-hydrogen) atoms. The van der Waals surface area contributed by atoms with Crippen molar-refractivity contribution >= 4 is 41.1 Å². The van der Waals surface area contributed by atoms with E-state index in [-0.39, 0.29) is 53.6 Å². The van der Waals surface area contributed by atoms with E-state index >= 15 is 0 Å². The van der Waals surface area contributed by atoms with Crippen molar-refractivity contribution in [2.75, 3.05) is 57.7 Å². The number of likely N-dealkylation sites (tertiary alicyclic amines) is 2. The molecule has 4 amide bonds. The van der Waals surface area contributed by atoms with Crippen molar-refractivity contribution in [2.24, 2.45) is 17.6 Å². The number of anilines is 1. The molecule has 3 fully saturated rings. The minimum absolute atomic E-state index is 0.0472. The Hall–Kier alpha value is -3.12. The van der Waals surface area contributed by atoms with Crippen molar-refractivity contribution in [1.82, 2.24) is 19.6 Å². The van der Waals surface area contributed by atoms with E-state index in [1.54, 1.807) is 19.6 Å². The van der Waals surface area contributed by atoms with E-state index in [9.17, 15) is 23.9 Å². The zero-order valence-corrected chi connectivity index (χ0v) is 21.3. The lowest BCUT2D eigenvalue weighted by molar-refractivity contribution is -0.136. The highest BCUT2D eigenvalue weighted by Crippen LogP contribution is 2.26. The molecule has 0 spiro atoms. The first-order valence-electron chi connectivity index (χ1n) is 12.5. The third-order valence-electron chi connectivity index (χ3n) is 7.33. The lowest BCUT2D eigenvalue weighted by Crippen LogP contribution is -2.59. The van der Waals surface area contributed by atoms with Crippen LogP contribution in [-0.2, 0) is 9.59 Å². The van der Waals surface area contributed by atoms with Crippen LogP contribution in [0.2, 0.25) is 5.02 Å². The summed E-state index contributed by atoms with van der Waals surface area (Å²) in [5.41, 5.74) is 5.89. The fourth-order valence-corrected chi connectivity index (χ4v) is 5.46. The number of piperazine rings is 1. The Kier molecular flexibility index (Phi) is 8.38. The summed E-state index contributed by atoms with van der Waals surface area (Å²) >= 11 is 5.71. The first-order valence-corrected chi connectivity index (χ1v) is 12.9. The lowest BCUT2D eigenvalue weighted by atomic mass is 9.89. The summed E-state index contributed by atoms with van der Waals surface area (Å²) in [7, 11) is 0. The Balaban J connectivity index is 1.34. The molecule has 1 aromatic carbocycles. The number of nitrogens with zero attached hydrogens (tertiary/aromatic N) is 4. The Bertz CT molecular complexity index is 1050. The van der Waals surface area contributed by atoms with Crippen molar-refractivity contribution < 1.29 is 23.9 Å². The molecule has 4 rings (SSSR count). The molecule has 0 aromatic heterocycles. The Morgan fingerprint density at radius 3 is 2.46 bits per heavy atom. The highest BCUT2D eigenvalue weighted by Gasteiger charge is 2.38. The fraction of sp³-hybridized carbons (Fsp3) is 0.583. The average Bonchev–Trinajstić information content (AvgIpc) is 3.40. The van der Waals surface area contributed by atoms with Crippen molar-refractivity contribution in [3.8, 4) is 0 Å². The first-order chi connectivity index (χ1) is 17.7.